The largest absolute Gasteiger partial charge is 0.489 e. The molecule has 0 spiro atoms. The molecule has 0 saturated carbocycles. The molecule has 0 radical (unpaired) electrons. The molecule has 0 fully saturated rings. The molecule has 18 heavy (non-hydrogen) atoms. The second-order valence-corrected chi connectivity index (χ2v) is 4.71. The van der Waals surface area contributed by atoms with E-state index in [9.17, 15) is 0 Å². The van der Waals surface area contributed by atoms with Gasteiger partial charge < -0.3 is 4.74 Å². The summed E-state index contributed by atoms with van der Waals surface area (Å²) in [6.45, 7) is 2.76. The van der Waals surface area contributed by atoms with Crippen LogP contribution in [0.2, 0.25) is 5.02 Å². The van der Waals surface area contributed by atoms with Crippen molar-refractivity contribution in [3.8, 4) is 5.75 Å². The lowest BCUT2D eigenvalue weighted by molar-refractivity contribution is 0.303. The molecule has 2 aromatic carbocycles. The fourth-order valence-electron chi connectivity index (χ4n) is 1.86. The molecule has 0 N–H and O–H groups in total. The Labute approximate surface area is 113 Å². The zero-order chi connectivity index (χ0) is 12.8. The maximum absolute atomic E-state index is 5.87. The van der Waals surface area contributed by atoms with Gasteiger partial charge in [-0.2, -0.15) is 0 Å². The highest BCUT2D eigenvalue weighted by Gasteiger charge is 2.02. The Bertz CT molecular complexity index is 491. The van der Waals surface area contributed by atoms with Crippen molar-refractivity contribution in [2.45, 2.75) is 26.4 Å². The van der Waals surface area contributed by atoms with Gasteiger partial charge in [-0.05, 0) is 35.7 Å². The van der Waals surface area contributed by atoms with Crippen LogP contribution in [0, 0.1) is 0 Å². The number of hydrogen-bond donors (Lipinski definition) is 0. The van der Waals surface area contributed by atoms with Crippen LogP contribution >= 0.6 is 11.6 Å². The maximum Gasteiger partial charge on any atom is 0.122 e. The summed E-state index contributed by atoms with van der Waals surface area (Å²) in [4.78, 5) is 0. The SMILES string of the molecule is CCCc1ccccc1OCc1ccc(Cl)cc1. The van der Waals surface area contributed by atoms with Crippen molar-refractivity contribution in [2.24, 2.45) is 0 Å². The molecule has 0 heterocycles. The summed E-state index contributed by atoms with van der Waals surface area (Å²) in [5.74, 6) is 0.981. The van der Waals surface area contributed by atoms with Crippen molar-refractivity contribution in [3.63, 3.8) is 0 Å². The minimum Gasteiger partial charge on any atom is -0.489 e. The van der Waals surface area contributed by atoms with Gasteiger partial charge in [-0.15, -0.1) is 0 Å². The van der Waals surface area contributed by atoms with E-state index in [0.29, 0.717) is 6.61 Å². The summed E-state index contributed by atoms with van der Waals surface area (Å²) in [5, 5.41) is 0.755. The summed E-state index contributed by atoms with van der Waals surface area (Å²) < 4.78 is 5.87. The molecule has 94 valence electrons. The highest BCUT2D eigenvalue weighted by Crippen LogP contribution is 2.21. The normalized spacial score (nSPS) is 10.3. The average molecular weight is 261 g/mol. The van der Waals surface area contributed by atoms with Crippen LogP contribution in [0.1, 0.15) is 24.5 Å². The molecule has 0 aliphatic carbocycles. The number of ether oxygens (including phenoxy) is 1. The average Bonchev–Trinajstić information content (AvgIpc) is 2.40. The minimum atomic E-state index is 0.581. The molecule has 2 aromatic rings. The van der Waals surface area contributed by atoms with E-state index >= 15 is 0 Å². The van der Waals surface area contributed by atoms with Gasteiger partial charge in [-0.25, -0.2) is 0 Å². The summed E-state index contributed by atoms with van der Waals surface area (Å²) in [5.41, 5.74) is 2.40. The van der Waals surface area contributed by atoms with Crippen molar-refractivity contribution in [2.75, 3.05) is 0 Å². The van der Waals surface area contributed by atoms with E-state index in [-0.39, 0.29) is 0 Å². The smallest absolute Gasteiger partial charge is 0.122 e. The van der Waals surface area contributed by atoms with Crippen LogP contribution in [0.25, 0.3) is 0 Å². The third-order valence-corrected chi connectivity index (χ3v) is 3.05. The lowest BCUT2D eigenvalue weighted by atomic mass is 10.1. The third kappa shape index (κ3) is 3.51. The summed E-state index contributed by atoms with van der Waals surface area (Å²) >= 11 is 5.85. The first-order valence-electron chi connectivity index (χ1n) is 6.24. The number of rotatable bonds is 5. The molecule has 0 aliphatic heterocycles. The van der Waals surface area contributed by atoms with E-state index in [1.807, 2.05) is 36.4 Å². The van der Waals surface area contributed by atoms with E-state index in [0.717, 1.165) is 29.2 Å². The number of para-hydroxylation sites is 1. The molecular weight excluding hydrogens is 244 g/mol. The van der Waals surface area contributed by atoms with Gasteiger partial charge in [0.05, 0.1) is 0 Å². The van der Waals surface area contributed by atoms with Crippen molar-refractivity contribution in [1.82, 2.24) is 0 Å². The Kier molecular flexibility index (Phi) is 4.66. The van der Waals surface area contributed by atoms with Crippen LogP contribution in [0.5, 0.6) is 5.75 Å². The molecule has 0 unspecified atom stereocenters. The lowest BCUT2D eigenvalue weighted by Gasteiger charge is -2.11. The Morgan fingerprint density at radius 2 is 1.72 bits per heavy atom. The van der Waals surface area contributed by atoms with Gasteiger partial charge in [0.25, 0.3) is 0 Å². The van der Waals surface area contributed by atoms with Gasteiger partial charge in [0.1, 0.15) is 12.4 Å². The van der Waals surface area contributed by atoms with Crippen LogP contribution in [0.4, 0.5) is 0 Å². The van der Waals surface area contributed by atoms with Crippen molar-refractivity contribution >= 4 is 11.6 Å². The second kappa shape index (κ2) is 6.46. The monoisotopic (exact) mass is 260 g/mol. The summed E-state index contributed by atoms with van der Waals surface area (Å²) in [7, 11) is 0. The van der Waals surface area contributed by atoms with Gasteiger partial charge in [0.2, 0.25) is 0 Å². The summed E-state index contributed by atoms with van der Waals surface area (Å²) in [6, 6.07) is 16.0. The Morgan fingerprint density at radius 1 is 1.00 bits per heavy atom. The fraction of sp³-hybridized carbons (Fsp3) is 0.250. The Balaban J connectivity index is 2.03. The predicted octanol–water partition coefficient (Wildman–Crippen LogP) is 4.87. The Morgan fingerprint density at radius 3 is 2.44 bits per heavy atom. The standard InChI is InChI=1S/C16H17ClO/c1-2-5-14-6-3-4-7-16(14)18-12-13-8-10-15(17)11-9-13/h3-4,6-11H,2,5,12H2,1H3. The van der Waals surface area contributed by atoms with Crippen molar-refractivity contribution in [3.05, 3.63) is 64.7 Å². The van der Waals surface area contributed by atoms with Crippen LogP contribution in [-0.4, -0.2) is 0 Å². The zero-order valence-corrected chi connectivity index (χ0v) is 11.3. The molecule has 0 saturated heterocycles. The molecular formula is C16H17ClO. The maximum atomic E-state index is 5.87. The molecule has 2 rings (SSSR count). The van der Waals surface area contributed by atoms with E-state index in [4.69, 9.17) is 16.3 Å². The fourth-order valence-corrected chi connectivity index (χ4v) is 1.99. The molecule has 0 bridgehead atoms. The van der Waals surface area contributed by atoms with Crippen LogP contribution in [0.3, 0.4) is 0 Å². The number of hydrogen-bond acceptors (Lipinski definition) is 1. The molecule has 1 nitrogen and oxygen atoms in total. The first-order chi connectivity index (χ1) is 8.79. The first kappa shape index (κ1) is 13.0. The van der Waals surface area contributed by atoms with E-state index in [1.165, 1.54) is 5.56 Å². The highest BCUT2D eigenvalue weighted by atomic mass is 35.5. The van der Waals surface area contributed by atoms with E-state index < -0.39 is 0 Å². The number of halogens is 1. The molecule has 0 aromatic heterocycles. The predicted molar refractivity (Wildman–Crippen MR) is 76.2 cm³/mol. The van der Waals surface area contributed by atoms with Crippen LogP contribution < -0.4 is 4.74 Å². The van der Waals surface area contributed by atoms with Crippen LogP contribution in [-0.2, 0) is 13.0 Å². The topological polar surface area (TPSA) is 9.23 Å². The van der Waals surface area contributed by atoms with Gasteiger partial charge in [-0.1, -0.05) is 55.3 Å². The third-order valence-electron chi connectivity index (χ3n) is 2.80. The minimum absolute atomic E-state index is 0.581. The number of aryl methyl sites for hydroxylation is 1. The zero-order valence-electron chi connectivity index (χ0n) is 10.5. The van der Waals surface area contributed by atoms with Gasteiger partial charge in [-0.3, -0.25) is 0 Å². The lowest BCUT2D eigenvalue weighted by Crippen LogP contribution is -1.98. The Hall–Kier alpha value is -1.47. The van der Waals surface area contributed by atoms with Crippen molar-refractivity contribution in [1.29, 1.82) is 0 Å². The molecule has 0 amide bonds. The van der Waals surface area contributed by atoms with Crippen molar-refractivity contribution < 1.29 is 4.74 Å². The molecule has 0 aliphatic rings. The highest BCUT2D eigenvalue weighted by molar-refractivity contribution is 6.30. The summed E-state index contributed by atoms with van der Waals surface area (Å²) in [6.07, 6.45) is 2.18. The van der Waals surface area contributed by atoms with Crippen LogP contribution in [0.15, 0.2) is 48.5 Å². The second-order valence-electron chi connectivity index (χ2n) is 4.27. The molecule has 2 heteroatoms. The molecule has 0 atom stereocenters. The number of benzene rings is 2. The quantitative estimate of drug-likeness (QED) is 0.745. The van der Waals surface area contributed by atoms with E-state index in [2.05, 4.69) is 19.1 Å². The van der Waals surface area contributed by atoms with E-state index in [1.54, 1.807) is 0 Å². The first-order valence-corrected chi connectivity index (χ1v) is 6.62. The van der Waals surface area contributed by atoms with Gasteiger partial charge >= 0.3 is 0 Å². The van der Waals surface area contributed by atoms with Gasteiger partial charge in [0, 0.05) is 5.02 Å². The van der Waals surface area contributed by atoms with Gasteiger partial charge in [0.15, 0.2) is 0 Å².